The maximum Gasteiger partial charge on any atom is 0.253 e. The molecule has 0 spiro atoms. The average molecular weight is 461 g/mol. The van der Waals surface area contributed by atoms with Crippen LogP contribution >= 0.6 is 11.8 Å². The van der Waals surface area contributed by atoms with Crippen molar-refractivity contribution in [3.63, 3.8) is 0 Å². The van der Waals surface area contributed by atoms with Crippen LogP contribution in [0.2, 0.25) is 0 Å². The van der Waals surface area contributed by atoms with Gasteiger partial charge in [0.2, 0.25) is 5.91 Å². The van der Waals surface area contributed by atoms with E-state index >= 15 is 0 Å². The number of para-hydroxylation sites is 1. The van der Waals surface area contributed by atoms with Crippen LogP contribution in [0.3, 0.4) is 0 Å². The molecule has 2 aromatic carbocycles. The van der Waals surface area contributed by atoms with E-state index in [1.54, 1.807) is 38.4 Å². The molecule has 33 heavy (non-hydrogen) atoms. The van der Waals surface area contributed by atoms with Gasteiger partial charge in [0.1, 0.15) is 0 Å². The van der Waals surface area contributed by atoms with Crippen LogP contribution in [-0.4, -0.2) is 56.3 Å². The number of nitrogens with one attached hydrogen (secondary N) is 2. The number of anilines is 1. The van der Waals surface area contributed by atoms with Crippen molar-refractivity contribution in [1.29, 1.82) is 0 Å². The highest BCUT2D eigenvalue weighted by molar-refractivity contribution is 7.99. The summed E-state index contributed by atoms with van der Waals surface area (Å²) in [6, 6.07) is 15.4. The van der Waals surface area contributed by atoms with Gasteiger partial charge in [-0.25, -0.2) is 0 Å². The molecule has 5 rings (SSSR count). The number of carbonyl (C=O) groups excluding carboxylic acids is 2. The molecular weight excluding hydrogens is 436 g/mol. The molecule has 2 amide bonds. The van der Waals surface area contributed by atoms with Gasteiger partial charge in [0.15, 0.2) is 11.0 Å². The molecule has 0 atom stereocenters. The molecular formula is C24H24N6O2S. The van der Waals surface area contributed by atoms with Crippen LogP contribution in [0.15, 0.2) is 59.9 Å². The summed E-state index contributed by atoms with van der Waals surface area (Å²) in [4.78, 5) is 29.4. The van der Waals surface area contributed by atoms with Gasteiger partial charge >= 0.3 is 0 Å². The molecule has 8 nitrogen and oxygen atoms in total. The van der Waals surface area contributed by atoms with Gasteiger partial charge in [-0.3, -0.25) is 14.2 Å². The molecule has 2 heterocycles. The van der Waals surface area contributed by atoms with E-state index in [9.17, 15) is 9.59 Å². The number of thioether (sulfide) groups is 1. The van der Waals surface area contributed by atoms with Crippen molar-refractivity contribution >= 4 is 40.2 Å². The number of benzene rings is 2. The molecule has 4 aromatic rings. The maximum atomic E-state index is 12.6. The Morgan fingerprint density at radius 3 is 2.61 bits per heavy atom. The largest absolute Gasteiger partial charge is 0.360 e. The molecule has 0 bridgehead atoms. The summed E-state index contributed by atoms with van der Waals surface area (Å²) in [5.74, 6) is 0.843. The number of amides is 2. The lowest BCUT2D eigenvalue weighted by Crippen LogP contribution is -2.21. The fourth-order valence-corrected chi connectivity index (χ4v) is 4.56. The van der Waals surface area contributed by atoms with Crippen molar-refractivity contribution in [2.75, 3.05) is 25.2 Å². The van der Waals surface area contributed by atoms with E-state index in [2.05, 4.69) is 31.1 Å². The number of aromatic nitrogens is 4. The summed E-state index contributed by atoms with van der Waals surface area (Å²) >= 11 is 1.38. The van der Waals surface area contributed by atoms with Crippen LogP contribution in [0.4, 0.5) is 5.69 Å². The number of fused-ring (bicyclic) bond motifs is 1. The second kappa shape index (κ2) is 8.74. The third-order valence-electron chi connectivity index (χ3n) is 5.56. The Morgan fingerprint density at radius 2 is 1.88 bits per heavy atom. The standard InChI is InChI=1S/C24H24N6O2S/c1-29(2)23(32)15-7-9-16(10-8-15)26-21(31)14-33-24-28-27-22(30(24)17-11-12-17)19-13-25-20-6-4-3-5-18(19)20/h3-10,13,17,25H,11-12,14H2,1-2H3,(H,26,31). The van der Waals surface area contributed by atoms with Crippen molar-refractivity contribution < 1.29 is 9.59 Å². The van der Waals surface area contributed by atoms with Crippen LogP contribution in [-0.2, 0) is 4.79 Å². The van der Waals surface area contributed by atoms with Crippen molar-refractivity contribution in [2.45, 2.75) is 24.0 Å². The molecule has 9 heteroatoms. The molecule has 0 unspecified atom stereocenters. The zero-order valence-corrected chi connectivity index (χ0v) is 19.2. The first-order valence-corrected chi connectivity index (χ1v) is 11.8. The average Bonchev–Trinajstić information content (AvgIpc) is 3.43. The van der Waals surface area contributed by atoms with E-state index in [0.29, 0.717) is 17.3 Å². The second-order valence-electron chi connectivity index (χ2n) is 8.27. The summed E-state index contributed by atoms with van der Waals surface area (Å²) in [7, 11) is 3.42. The highest BCUT2D eigenvalue weighted by atomic mass is 32.2. The Labute approximate surface area is 195 Å². The lowest BCUT2D eigenvalue weighted by atomic mass is 10.1. The van der Waals surface area contributed by atoms with Gasteiger partial charge in [-0.15, -0.1) is 10.2 Å². The van der Waals surface area contributed by atoms with E-state index in [1.807, 2.05) is 24.4 Å². The molecule has 1 fully saturated rings. The van der Waals surface area contributed by atoms with Crippen molar-refractivity contribution in [3.8, 4) is 11.4 Å². The van der Waals surface area contributed by atoms with Crippen LogP contribution in [0.1, 0.15) is 29.2 Å². The Bertz CT molecular complexity index is 1320. The summed E-state index contributed by atoms with van der Waals surface area (Å²) in [6.45, 7) is 0. The molecule has 2 aromatic heterocycles. The molecule has 2 N–H and O–H groups in total. The molecule has 0 aliphatic heterocycles. The third kappa shape index (κ3) is 4.36. The molecule has 0 saturated heterocycles. The number of hydrogen-bond acceptors (Lipinski definition) is 5. The lowest BCUT2D eigenvalue weighted by Gasteiger charge is -2.11. The van der Waals surface area contributed by atoms with Gasteiger partial charge in [-0.2, -0.15) is 0 Å². The fraction of sp³-hybridized carbons (Fsp3) is 0.250. The predicted molar refractivity (Wildman–Crippen MR) is 129 cm³/mol. The first kappa shape index (κ1) is 21.3. The van der Waals surface area contributed by atoms with Crippen LogP contribution < -0.4 is 5.32 Å². The van der Waals surface area contributed by atoms with Crippen molar-refractivity contribution in [2.24, 2.45) is 0 Å². The summed E-state index contributed by atoms with van der Waals surface area (Å²) < 4.78 is 2.16. The normalized spacial score (nSPS) is 13.3. The first-order chi connectivity index (χ1) is 16.0. The van der Waals surface area contributed by atoms with Gasteiger partial charge in [0.25, 0.3) is 5.91 Å². The van der Waals surface area contributed by atoms with E-state index in [1.165, 1.54) is 16.7 Å². The molecule has 0 radical (unpaired) electrons. The minimum absolute atomic E-state index is 0.0751. The topological polar surface area (TPSA) is 95.9 Å². The van der Waals surface area contributed by atoms with E-state index in [0.717, 1.165) is 40.3 Å². The Kier molecular flexibility index (Phi) is 5.63. The predicted octanol–water partition coefficient (Wildman–Crippen LogP) is 4.19. The van der Waals surface area contributed by atoms with E-state index < -0.39 is 0 Å². The molecule has 1 aliphatic carbocycles. The highest BCUT2D eigenvalue weighted by Crippen LogP contribution is 2.42. The van der Waals surface area contributed by atoms with Gasteiger partial charge in [-0.05, 0) is 43.2 Å². The molecule has 1 saturated carbocycles. The van der Waals surface area contributed by atoms with E-state index in [4.69, 9.17) is 0 Å². The third-order valence-corrected chi connectivity index (χ3v) is 6.50. The van der Waals surface area contributed by atoms with E-state index in [-0.39, 0.29) is 17.6 Å². The van der Waals surface area contributed by atoms with Gasteiger partial charge in [0.05, 0.1) is 5.75 Å². The SMILES string of the molecule is CN(C)C(=O)c1ccc(NC(=O)CSc2nnc(-c3c[nH]c4ccccc34)n2C2CC2)cc1. The second-order valence-corrected chi connectivity index (χ2v) is 9.21. The number of rotatable bonds is 7. The number of carbonyl (C=O) groups is 2. The smallest absolute Gasteiger partial charge is 0.253 e. The number of hydrogen-bond donors (Lipinski definition) is 2. The minimum Gasteiger partial charge on any atom is -0.360 e. The Balaban J connectivity index is 1.28. The van der Waals surface area contributed by atoms with Crippen molar-refractivity contribution in [1.82, 2.24) is 24.6 Å². The Hall–Kier alpha value is -3.59. The molecule has 1 aliphatic rings. The number of H-pyrrole nitrogens is 1. The monoisotopic (exact) mass is 460 g/mol. The zero-order valence-electron chi connectivity index (χ0n) is 18.4. The number of nitrogens with zero attached hydrogens (tertiary/aromatic N) is 4. The Morgan fingerprint density at radius 1 is 1.12 bits per heavy atom. The zero-order chi connectivity index (χ0) is 22.9. The summed E-state index contributed by atoms with van der Waals surface area (Å²) in [5.41, 5.74) is 3.31. The summed E-state index contributed by atoms with van der Waals surface area (Å²) in [5, 5.41) is 13.6. The first-order valence-electron chi connectivity index (χ1n) is 10.8. The lowest BCUT2D eigenvalue weighted by molar-refractivity contribution is -0.113. The van der Waals surface area contributed by atoms with Gasteiger partial charge < -0.3 is 15.2 Å². The minimum atomic E-state index is -0.134. The summed E-state index contributed by atoms with van der Waals surface area (Å²) in [6.07, 6.45) is 4.15. The van der Waals surface area contributed by atoms with Crippen LogP contribution in [0, 0.1) is 0 Å². The maximum absolute atomic E-state index is 12.6. The number of aromatic amines is 1. The fourth-order valence-electron chi connectivity index (χ4n) is 3.76. The van der Waals surface area contributed by atoms with Gasteiger partial charge in [-0.1, -0.05) is 30.0 Å². The quantitative estimate of drug-likeness (QED) is 0.403. The van der Waals surface area contributed by atoms with Gasteiger partial charge in [0, 0.05) is 54.1 Å². The van der Waals surface area contributed by atoms with Crippen LogP contribution in [0.25, 0.3) is 22.3 Å². The van der Waals surface area contributed by atoms with Crippen molar-refractivity contribution in [3.05, 3.63) is 60.3 Å². The van der Waals surface area contributed by atoms with Crippen LogP contribution in [0.5, 0.6) is 0 Å². The molecule has 168 valence electrons. The highest BCUT2D eigenvalue weighted by Gasteiger charge is 2.31.